The highest BCUT2D eigenvalue weighted by atomic mass is 16.5. The molecular weight excluding hydrogens is 418 g/mol. The number of likely N-dealkylation sites (tertiary alicyclic amines) is 1. The lowest BCUT2D eigenvalue weighted by molar-refractivity contribution is -0.139. The maximum Gasteiger partial charge on any atom is 0.295 e. The van der Waals surface area contributed by atoms with Gasteiger partial charge in [-0.25, -0.2) is 0 Å². The van der Waals surface area contributed by atoms with E-state index in [4.69, 9.17) is 4.74 Å². The van der Waals surface area contributed by atoms with E-state index in [1.165, 1.54) is 0 Å². The van der Waals surface area contributed by atoms with Gasteiger partial charge in [0.2, 0.25) is 0 Å². The van der Waals surface area contributed by atoms with E-state index in [1.807, 2.05) is 25.9 Å². The average molecular weight is 452 g/mol. The van der Waals surface area contributed by atoms with Gasteiger partial charge in [-0.2, -0.15) is 0 Å². The van der Waals surface area contributed by atoms with Crippen molar-refractivity contribution in [1.82, 2.24) is 14.8 Å². The number of amides is 1. The molecule has 33 heavy (non-hydrogen) atoms. The zero-order valence-corrected chi connectivity index (χ0v) is 20.0. The van der Waals surface area contributed by atoms with E-state index in [2.05, 4.69) is 18.8 Å². The van der Waals surface area contributed by atoms with Crippen LogP contribution in [0.4, 0.5) is 0 Å². The maximum absolute atomic E-state index is 13.1. The van der Waals surface area contributed by atoms with Crippen LogP contribution in [0.5, 0.6) is 5.75 Å². The van der Waals surface area contributed by atoms with Gasteiger partial charge in [0, 0.05) is 24.5 Å². The van der Waals surface area contributed by atoms with Gasteiger partial charge in [0.05, 0.1) is 18.2 Å². The molecule has 1 aromatic heterocycles. The summed E-state index contributed by atoms with van der Waals surface area (Å²) in [7, 11) is 3.93. The lowest BCUT2D eigenvalue weighted by Gasteiger charge is -2.25. The fourth-order valence-electron chi connectivity index (χ4n) is 3.93. The first kappa shape index (κ1) is 24.5. The molecule has 0 radical (unpaired) electrons. The molecule has 2 aromatic rings. The van der Waals surface area contributed by atoms with Crippen molar-refractivity contribution in [2.45, 2.75) is 33.2 Å². The summed E-state index contributed by atoms with van der Waals surface area (Å²) in [5.41, 5.74) is 2.17. The van der Waals surface area contributed by atoms with Crippen molar-refractivity contribution < 1.29 is 19.4 Å². The molecule has 2 heterocycles. The molecule has 1 aliphatic rings. The van der Waals surface area contributed by atoms with Crippen LogP contribution in [-0.2, 0) is 9.59 Å². The number of aliphatic hydroxyl groups is 1. The number of ether oxygens (including phenoxy) is 1. The molecule has 1 unspecified atom stereocenters. The van der Waals surface area contributed by atoms with Gasteiger partial charge in [-0.1, -0.05) is 13.8 Å². The zero-order chi connectivity index (χ0) is 24.1. The van der Waals surface area contributed by atoms with E-state index in [0.717, 1.165) is 23.4 Å². The number of hydrogen-bond donors (Lipinski definition) is 1. The highest BCUT2D eigenvalue weighted by Crippen LogP contribution is 2.39. The molecule has 0 saturated carbocycles. The molecule has 7 heteroatoms. The SMILES string of the molecule is Cc1cc(/C(O)=C2/C(=O)C(=O)N(CCCN(C)C)C2c2ccncc2)ccc1OCC(C)C. The number of benzene rings is 1. The summed E-state index contributed by atoms with van der Waals surface area (Å²) in [6.45, 7) is 7.83. The Labute approximate surface area is 195 Å². The Kier molecular flexibility index (Phi) is 7.87. The third-order valence-corrected chi connectivity index (χ3v) is 5.59. The van der Waals surface area contributed by atoms with E-state index < -0.39 is 17.7 Å². The second-order valence-corrected chi connectivity index (χ2v) is 9.11. The Morgan fingerprint density at radius 3 is 2.48 bits per heavy atom. The van der Waals surface area contributed by atoms with Crippen LogP contribution in [0.2, 0.25) is 0 Å². The van der Waals surface area contributed by atoms with Crippen LogP contribution in [0.1, 0.15) is 43.0 Å². The molecule has 3 rings (SSSR count). The highest BCUT2D eigenvalue weighted by Gasteiger charge is 2.45. The summed E-state index contributed by atoms with van der Waals surface area (Å²) in [6.07, 6.45) is 3.96. The number of aliphatic hydroxyl groups excluding tert-OH is 1. The summed E-state index contributed by atoms with van der Waals surface area (Å²) >= 11 is 0. The van der Waals surface area contributed by atoms with E-state index in [-0.39, 0.29) is 11.3 Å². The minimum atomic E-state index is -0.669. The quantitative estimate of drug-likeness (QED) is 0.355. The number of ketones is 1. The summed E-state index contributed by atoms with van der Waals surface area (Å²) in [5.74, 6) is -0.317. The molecule has 1 N–H and O–H groups in total. The molecular formula is C26H33N3O4. The number of carbonyl (C=O) groups is 2. The van der Waals surface area contributed by atoms with Crippen molar-refractivity contribution >= 4 is 17.4 Å². The predicted octanol–water partition coefficient (Wildman–Crippen LogP) is 3.80. The van der Waals surface area contributed by atoms with Crippen LogP contribution in [-0.4, -0.2) is 65.4 Å². The topological polar surface area (TPSA) is 83.0 Å². The number of aromatic nitrogens is 1. The molecule has 1 aliphatic heterocycles. The lowest BCUT2D eigenvalue weighted by Crippen LogP contribution is -2.32. The highest BCUT2D eigenvalue weighted by molar-refractivity contribution is 6.46. The number of rotatable bonds is 9. The second kappa shape index (κ2) is 10.6. The third kappa shape index (κ3) is 5.60. The first-order valence-corrected chi connectivity index (χ1v) is 11.3. The normalized spacial score (nSPS) is 17.9. The maximum atomic E-state index is 13.1. The van der Waals surface area contributed by atoms with E-state index in [0.29, 0.717) is 31.1 Å². The Hall–Kier alpha value is -3.19. The Morgan fingerprint density at radius 1 is 1.18 bits per heavy atom. The van der Waals surface area contributed by atoms with Crippen LogP contribution in [0.25, 0.3) is 5.76 Å². The summed E-state index contributed by atoms with van der Waals surface area (Å²) in [5, 5.41) is 11.2. The van der Waals surface area contributed by atoms with Crippen molar-refractivity contribution in [2.75, 3.05) is 33.8 Å². The Morgan fingerprint density at radius 2 is 1.88 bits per heavy atom. The zero-order valence-electron chi connectivity index (χ0n) is 20.0. The summed E-state index contributed by atoms with van der Waals surface area (Å²) in [6, 6.07) is 8.19. The minimum Gasteiger partial charge on any atom is -0.507 e. The largest absolute Gasteiger partial charge is 0.507 e. The van der Waals surface area contributed by atoms with Crippen LogP contribution in [0, 0.1) is 12.8 Å². The molecule has 1 atom stereocenters. The number of hydrogen-bond acceptors (Lipinski definition) is 6. The first-order chi connectivity index (χ1) is 15.7. The van der Waals surface area contributed by atoms with Crippen LogP contribution >= 0.6 is 0 Å². The van der Waals surface area contributed by atoms with Gasteiger partial charge in [0.1, 0.15) is 11.5 Å². The fraction of sp³-hybridized carbons (Fsp3) is 0.423. The summed E-state index contributed by atoms with van der Waals surface area (Å²) in [4.78, 5) is 33.7. The van der Waals surface area contributed by atoms with Crippen molar-refractivity contribution in [1.29, 1.82) is 0 Å². The Bertz CT molecular complexity index is 1030. The molecule has 1 aromatic carbocycles. The molecule has 0 spiro atoms. The number of nitrogens with zero attached hydrogens (tertiary/aromatic N) is 3. The average Bonchev–Trinajstić information content (AvgIpc) is 3.03. The van der Waals surface area contributed by atoms with Crippen molar-refractivity contribution in [3.63, 3.8) is 0 Å². The fourth-order valence-corrected chi connectivity index (χ4v) is 3.93. The van der Waals surface area contributed by atoms with Crippen LogP contribution in [0.15, 0.2) is 48.3 Å². The molecule has 0 bridgehead atoms. The van der Waals surface area contributed by atoms with E-state index in [1.54, 1.807) is 47.6 Å². The molecule has 7 nitrogen and oxygen atoms in total. The molecule has 1 saturated heterocycles. The van der Waals surface area contributed by atoms with Crippen molar-refractivity contribution in [3.05, 3.63) is 65.0 Å². The van der Waals surface area contributed by atoms with E-state index >= 15 is 0 Å². The standard InChI is InChI=1S/C26H33N3O4/c1-17(2)16-33-21-8-7-20(15-18(21)3)24(30)22-23(19-9-11-27-12-10-19)29(26(32)25(22)31)14-6-13-28(4)5/h7-12,15,17,23,30H,6,13-14,16H2,1-5H3/b24-22-. The number of carbonyl (C=O) groups excluding carboxylic acids is 2. The van der Waals surface area contributed by atoms with Gasteiger partial charge in [-0.05, 0) is 81.4 Å². The summed E-state index contributed by atoms with van der Waals surface area (Å²) < 4.78 is 5.83. The lowest BCUT2D eigenvalue weighted by atomic mass is 9.95. The number of pyridine rings is 1. The molecule has 0 aliphatic carbocycles. The van der Waals surface area contributed by atoms with Gasteiger partial charge < -0.3 is 19.6 Å². The molecule has 1 amide bonds. The monoisotopic (exact) mass is 451 g/mol. The first-order valence-electron chi connectivity index (χ1n) is 11.3. The molecule has 1 fully saturated rings. The number of aryl methyl sites for hydroxylation is 1. The van der Waals surface area contributed by atoms with Gasteiger partial charge >= 0.3 is 0 Å². The number of Topliss-reactive ketones (excluding diaryl/α,β-unsaturated/α-hetero) is 1. The third-order valence-electron chi connectivity index (χ3n) is 5.59. The minimum absolute atomic E-state index is 0.103. The van der Waals surface area contributed by atoms with Gasteiger partial charge in [-0.3, -0.25) is 14.6 Å². The van der Waals surface area contributed by atoms with Gasteiger partial charge in [0.15, 0.2) is 0 Å². The van der Waals surface area contributed by atoms with Crippen LogP contribution < -0.4 is 4.74 Å². The Balaban J connectivity index is 2.01. The molecule has 176 valence electrons. The van der Waals surface area contributed by atoms with Crippen molar-refractivity contribution in [2.24, 2.45) is 5.92 Å². The second-order valence-electron chi connectivity index (χ2n) is 9.11. The van der Waals surface area contributed by atoms with Crippen molar-refractivity contribution in [3.8, 4) is 5.75 Å². The van der Waals surface area contributed by atoms with E-state index in [9.17, 15) is 14.7 Å². The van der Waals surface area contributed by atoms with Gasteiger partial charge in [-0.15, -0.1) is 0 Å². The van der Waals surface area contributed by atoms with Crippen LogP contribution in [0.3, 0.4) is 0 Å². The van der Waals surface area contributed by atoms with Gasteiger partial charge in [0.25, 0.3) is 11.7 Å². The smallest absolute Gasteiger partial charge is 0.295 e. The predicted molar refractivity (Wildman–Crippen MR) is 128 cm³/mol.